The number of aromatic nitrogens is 1. The summed E-state index contributed by atoms with van der Waals surface area (Å²) in [5.41, 5.74) is 0.793. The van der Waals surface area contributed by atoms with E-state index >= 15 is 0 Å². The van der Waals surface area contributed by atoms with E-state index < -0.39 is 6.04 Å². The van der Waals surface area contributed by atoms with Gasteiger partial charge in [0, 0.05) is 6.92 Å². The number of methoxy groups -OCH3 is 1. The van der Waals surface area contributed by atoms with Crippen LogP contribution < -0.4 is 15.4 Å². The highest BCUT2D eigenvalue weighted by Crippen LogP contribution is 2.29. The van der Waals surface area contributed by atoms with Crippen molar-refractivity contribution in [1.29, 1.82) is 0 Å². The van der Waals surface area contributed by atoms with E-state index in [1.54, 1.807) is 7.11 Å². The first-order valence-electron chi connectivity index (χ1n) is 6.93. The molecule has 0 saturated heterocycles. The molecule has 1 heterocycles. The smallest absolute Gasteiger partial charge is 0.248 e. The van der Waals surface area contributed by atoms with Crippen LogP contribution in [-0.2, 0) is 9.59 Å². The van der Waals surface area contributed by atoms with E-state index in [-0.39, 0.29) is 17.7 Å². The molecule has 7 heteroatoms. The van der Waals surface area contributed by atoms with Crippen molar-refractivity contribution in [3.8, 4) is 5.75 Å². The average Bonchev–Trinajstić information content (AvgIpc) is 2.84. The molecule has 1 atom stereocenters. The molecule has 0 radical (unpaired) electrons. The summed E-state index contributed by atoms with van der Waals surface area (Å²) < 4.78 is 6.10. The predicted molar refractivity (Wildman–Crippen MR) is 87.2 cm³/mol. The number of benzene rings is 1. The molecular weight excluding hydrogens is 302 g/mol. The summed E-state index contributed by atoms with van der Waals surface area (Å²) in [6.07, 6.45) is 0. The number of hydrogen-bond donors (Lipinski definition) is 2. The summed E-state index contributed by atoms with van der Waals surface area (Å²) in [6.45, 7) is 5.15. The Morgan fingerprint density at radius 2 is 2.05 bits per heavy atom. The van der Waals surface area contributed by atoms with Gasteiger partial charge >= 0.3 is 0 Å². The van der Waals surface area contributed by atoms with Gasteiger partial charge in [-0.15, -0.1) is 0 Å². The molecule has 1 aromatic carbocycles. The van der Waals surface area contributed by atoms with Crippen LogP contribution in [0.3, 0.4) is 0 Å². The largest absolute Gasteiger partial charge is 0.497 e. The van der Waals surface area contributed by atoms with Gasteiger partial charge in [0.05, 0.1) is 17.3 Å². The van der Waals surface area contributed by atoms with Crippen LogP contribution in [0.4, 0.5) is 5.13 Å². The minimum absolute atomic E-state index is 0.0154. The molecule has 0 fully saturated rings. The first-order valence-corrected chi connectivity index (χ1v) is 7.75. The minimum atomic E-state index is -0.584. The Bertz CT molecular complexity index is 696. The molecule has 0 unspecified atom stereocenters. The van der Waals surface area contributed by atoms with E-state index in [0.29, 0.717) is 5.13 Å². The van der Waals surface area contributed by atoms with Crippen LogP contribution in [0.2, 0.25) is 0 Å². The third kappa shape index (κ3) is 3.73. The number of rotatable bonds is 5. The zero-order valence-corrected chi connectivity index (χ0v) is 13.8. The summed E-state index contributed by atoms with van der Waals surface area (Å²) in [5, 5.41) is 5.93. The monoisotopic (exact) mass is 321 g/mol. The third-order valence-corrected chi connectivity index (χ3v) is 4.07. The summed E-state index contributed by atoms with van der Waals surface area (Å²) in [6, 6.07) is 4.95. The van der Waals surface area contributed by atoms with E-state index in [0.717, 1.165) is 16.0 Å². The molecule has 1 aromatic heterocycles. The Morgan fingerprint density at radius 3 is 2.64 bits per heavy atom. The van der Waals surface area contributed by atoms with Crippen molar-refractivity contribution in [3.63, 3.8) is 0 Å². The molecule has 2 N–H and O–H groups in total. The highest BCUT2D eigenvalue weighted by atomic mass is 32.1. The van der Waals surface area contributed by atoms with Crippen LogP contribution in [0.1, 0.15) is 20.8 Å². The summed E-state index contributed by atoms with van der Waals surface area (Å²) in [4.78, 5) is 27.9. The second-order valence-corrected chi connectivity index (χ2v) is 6.29. The Kier molecular flexibility index (Phi) is 4.97. The molecule has 0 spiro atoms. The molecule has 0 bridgehead atoms. The van der Waals surface area contributed by atoms with Gasteiger partial charge in [0.25, 0.3) is 0 Å². The van der Waals surface area contributed by atoms with Crippen LogP contribution in [-0.4, -0.2) is 29.9 Å². The molecular formula is C15H19N3O3S. The molecule has 118 valence electrons. The number of nitrogens with zero attached hydrogens (tertiary/aromatic N) is 1. The van der Waals surface area contributed by atoms with Gasteiger partial charge in [-0.3, -0.25) is 9.59 Å². The maximum atomic E-state index is 12.3. The Hall–Kier alpha value is -2.15. The number of fused-ring (bicyclic) bond motifs is 1. The van der Waals surface area contributed by atoms with Crippen molar-refractivity contribution in [3.05, 3.63) is 18.2 Å². The van der Waals surface area contributed by atoms with Crippen molar-refractivity contribution in [1.82, 2.24) is 10.3 Å². The fourth-order valence-electron chi connectivity index (χ4n) is 2.02. The lowest BCUT2D eigenvalue weighted by molar-refractivity contribution is -0.126. The highest BCUT2D eigenvalue weighted by Gasteiger charge is 2.23. The molecule has 0 aliphatic heterocycles. The molecule has 2 aromatic rings. The van der Waals surface area contributed by atoms with Gasteiger partial charge in [0.2, 0.25) is 11.8 Å². The maximum Gasteiger partial charge on any atom is 0.248 e. The fraction of sp³-hybridized carbons (Fsp3) is 0.400. The SMILES string of the molecule is COc1ccc2nc(NC(=O)[C@H](NC(C)=O)C(C)C)sc2c1. The molecule has 0 aliphatic rings. The lowest BCUT2D eigenvalue weighted by atomic mass is 10.0. The molecule has 0 saturated carbocycles. The van der Waals surface area contributed by atoms with Gasteiger partial charge in [-0.25, -0.2) is 4.98 Å². The van der Waals surface area contributed by atoms with Crippen LogP contribution >= 0.6 is 11.3 Å². The second kappa shape index (κ2) is 6.74. The highest BCUT2D eigenvalue weighted by molar-refractivity contribution is 7.22. The van der Waals surface area contributed by atoms with Crippen LogP contribution in [0.5, 0.6) is 5.75 Å². The predicted octanol–water partition coefficient (Wildman–Crippen LogP) is 2.40. The quantitative estimate of drug-likeness (QED) is 0.886. The number of anilines is 1. The first-order chi connectivity index (χ1) is 10.4. The zero-order chi connectivity index (χ0) is 16.3. The van der Waals surface area contributed by atoms with E-state index in [2.05, 4.69) is 15.6 Å². The number of carbonyl (C=O) groups is 2. The third-order valence-electron chi connectivity index (χ3n) is 3.13. The molecule has 2 rings (SSSR count). The van der Waals surface area contributed by atoms with Gasteiger partial charge < -0.3 is 15.4 Å². The van der Waals surface area contributed by atoms with Gasteiger partial charge in [0.1, 0.15) is 11.8 Å². The Labute approximate surface area is 132 Å². The Morgan fingerprint density at radius 1 is 1.32 bits per heavy atom. The number of nitrogens with one attached hydrogen (secondary N) is 2. The summed E-state index contributed by atoms with van der Waals surface area (Å²) in [7, 11) is 1.60. The molecule has 0 aliphatic carbocycles. The zero-order valence-electron chi connectivity index (χ0n) is 13.0. The van der Waals surface area contributed by atoms with E-state index in [1.165, 1.54) is 18.3 Å². The normalized spacial score (nSPS) is 12.2. The standard InChI is InChI=1S/C15H19N3O3S/c1-8(2)13(16-9(3)19)14(20)18-15-17-11-6-5-10(21-4)7-12(11)22-15/h5-8,13H,1-4H3,(H,16,19)(H,17,18,20)/t13-/m1/s1. The number of carbonyl (C=O) groups excluding carboxylic acids is 2. The lowest BCUT2D eigenvalue weighted by Gasteiger charge is -2.19. The van der Waals surface area contributed by atoms with Crippen molar-refractivity contribution in [2.45, 2.75) is 26.8 Å². The average molecular weight is 321 g/mol. The van der Waals surface area contributed by atoms with Crippen LogP contribution in [0.15, 0.2) is 18.2 Å². The van der Waals surface area contributed by atoms with Crippen molar-refractivity contribution in [2.75, 3.05) is 12.4 Å². The van der Waals surface area contributed by atoms with Crippen LogP contribution in [0.25, 0.3) is 10.2 Å². The summed E-state index contributed by atoms with van der Waals surface area (Å²) >= 11 is 1.37. The summed E-state index contributed by atoms with van der Waals surface area (Å²) in [5.74, 6) is 0.227. The Balaban J connectivity index is 2.18. The van der Waals surface area contributed by atoms with E-state index in [1.807, 2.05) is 32.0 Å². The topological polar surface area (TPSA) is 80.3 Å². The first kappa shape index (κ1) is 16.2. The fourth-order valence-corrected chi connectivity index (χ4v) is 2.92. The van der Waals surface area contributed by atoms with E-state index in [4.69, 9.17) is 4.74 Å². The maximum absolute atomic E-state index is 12.3. The van der Waals surface area contributed by atoms with Crippen molar-refractivity contribution in [2.24, 2.45) is 5.92 Å². The number of hydrogen-bond acceptors (Lipinski definition) is 5. The van der Waals surface area contributed by atoms with Crippen LogP contribution in [0, 0.1) is 5.92 Å². The number of ether oxygens (including phenoxy) is 1. The second-order valence-electron chi connectivity index (χ2n) is 5.26. The lowest BCUT2D eigenvalue weighted by Crippen LogP contribution is -2.46. The molecule has 2 amide bonds. The van der Waals surface area contributed by atoms with Gasteiger partial charge in [-0.05, 0) is 24.1 Å². The van der Waals surface area contributed by atoms with E-state index in [9.17, 15) is 9.59 Å². The molecule has 22 heavy (non-hydrogen) atoms. The molecule has 6 nitrogen and oxygen atoms in total. The number of thiazole rings is 1. The van der Waals surface area contributed by atoms with Gasteiger partial charge in [-0.1, -0.05) is 25.2 Å². The van der Waals surface area contributed by atoms with Gasteiger partial charge in [0.15, 0.2) is 5.13 Å². The van der Waals surface area contributed by atoms with Gasteiger partial charge in [-0.2, -0.15) is 0 Å². The van der Waals surface area contributed by atoms with Crippen molar-refractivity contribution < 1.29 is 14.3 Å². The van der Waals surface area contributed by atoms with Crippen molar-refractivity contribution >= 4 is 38.5 Å². The minimum Gasteiger partial charge on any atom is -0.497 e. The number of amides is 2.